The molecule has 0 aliphatic rings. The second-order valence-electron chi connectivity index (χ2n) is 1.43. The van der Waals surface area contributed by atoms with E-state index >= 15 is 0 Å². The van der Waals surface area contributed by atoms with Crippen molar-refractivity contribution in [3.8, 4) is 0 Å². The molecule has 4 heteroatoms. The molecule has 0 aromatic carbocycles. The van der Waals surface area contributed by atoms with E-state index in [2.05, 4.69) is 13.8 Å². The monoisotopic (exact) mass is 174 g/mol. The van der Waals surface area contributed by atoms with Gasteiger partial charge in [0.2, 0.25) is 0 Å². The standard InChI is InChI=1S/C5H12.K.HO2P/c1-3-5-4-2;;1-3-2/h3-5H2,1-2H3;;(H,1,2)/q;+1;/p-1. The first-order chi connectivity index (χ1) is 3.83. The number of hydrogen-bond acceptors (Lipinski definition) is 2. The van der Waals surface area contributed by atoms with E-state index in [9.17, 15) is 0 Å². The van der Waals surface area contributed by atoms with Crippen molar-refractivity contribution in [2.24, 2.45) is 0 Å². The molecule has 0 atom stereocenters. The second-order valence-corrected chi connectivity index (χ2v) is 1.58. The van der Waals surface area contributed by atoms with Crippen LogP contribution < -0.4 is 56.3 Å². The number of rotatable bonds is 2. The van der Waals surface area contributed by atoms with Crippen LogP contribution in [0.2, 0.25) is 0 Å². The van der Waals surface area contributed by atoms with Gasteiger partial charge in [-0.3, -0.25) is 4.57 Å². The van der Waals surface area contributed by atoms with E-state index in [1.165, 1.54) is 19.3 Å². The van der Waals surface area contributed by atoms with Crippen LogP contribution in [0.15, 0.2) is 0 Å². The summed E-state index contributed by atoms with van der Waals surface area (Å²) in [6.07, 6.45) is 4.08. The van der Waals surface area contributed by atoms with Crippen molar-refractivity contribution in [2.45, 2.75) is 33.1 Å². The third-order valence-corrected chi connectivity index (χ3v) is 0.707. The van der Waals surface area contributed by atoms with Gasteiger partial charge in [-0.05, 0) is 0 Å². The van der Waals surface area contributed by atoms with E-state index in [0.717, 1.165) is 0 Å². The van der Waals surface area contributed by atoms with Crippen molar-refractivity contribution in [1.29, 1.82) is 0 Å². The minimum atomic E-state index is -1.08. The van der Waals surface area contributed by atoms with Crippen molar-refractivity contribution in [3.05, 3.63) is 0 Å². The number of hydrogen-bond donors (Lipinski definition) is 0. The minimum Gasteiger partial charge on any atom is -0.772 e. The van der Waals surface area contributed by atoms with Crippen LogP contribution in [0, 0.1) is 0 Å². The van der Waals surface area contributed by atoms with Crippen molar-refractivity contribution in [3.63, 3.8) is 0 Å². The molecule has 0 unspecified atom stereocenters. The van der Waals surface area contributed by atoms with Gasteiger partial charge in [-0.2, -0.15) is 0 Å². The summed E-state index contributed by atoms with van der Waals surface area (Å²) in [7, 11) is -1.08. The van der Waals surface area contributed by atoms with Gasteiger partial charge >= 0.3 is 51.4 Å². The van der Waals surface area contributed by atoms with Crippen LogP contribution in [0.1, 0.15) is 33.1 Å². The molecule has 9 heavy (non-hydrogen) atoms. The van der Waals surface area contributed by atoms with Gasteiger partial charge in [0.25, 0.3) is 0 Å². The number of unbranched alkanes of at least 4 members (excludes halogenated alkanes) is 2. The largest absolute Gasteiger partial charge is 1.00 e. The molecular weight excluding hydrogens is 162 g/mol. The average molecular weight is 174 g/mol. The molecule has 0 N–H and O–H groups in total. The maximum atomic E-state index is 8.35. The van der Waals surface area contributed by atoms with Crippen LogP contribution in [0.4, 0.5) is 0 Å². The zero-order valence-corrected chi connectivity index (χ0v) is 10.4. The topological polar surface area (TPSA) is 40.1 Å². The fourth-order valence-electron chi connectivity index (χ4n) is 0.354. The quantitative estimate of drug-likeness (QED) is 0.388. The zero-order chi connectivity index (χ0) is 6.83. The SMILES string of the molecule is CCCCC.O=P[O-].[K+]. The van der Waals surface area contributed by atoms with E-state index in [4.69, 9.17) is 9.46 Å². The van der Waals surface area contributed by atoms with Gasteiger partial charge in [0, 0.05) is 0 Å². The predicted octanol–water partition coefficient (Wildman–Crippen LogP) is -1.25. The van der Waals surface area contributed by atoms with Crippen molar-refractivity contribution in [1.82, 2.24) is 0 Å². The molecule has 0 aliphatic carbocycles. The molecule has 0 spiro atoms. The third-order valence-electron chi connectivity index (χ3n) is 0.707. The van der Waals surface area contributed by atoms with Gasteiger partial charge in [-0.15, -0.1) is 0 Å². The molecule has 2 nitrogen and oxygen atoms in total. The van der Waals surface area contributed by atoms with E-state index < -0.39 is 8.69 Å². The van der Waals surface area contributed by atoms with Crippen LogP contribution in [-0.2, 0) is 4.57 Å². The maximum absolute atomic E-state index is 8.35. The Kier molecular flexibility index (Phi) is 42.6. The Labute approximate surface area is 101 Å². The molecule has 0 aliphatic heterocycles. The Morgan fingerprint density at radius 2 is 1.56 bits per heavy atom. The molecule has 0 radical (unpaired) electrons. The molecule has 0 saturated carbocycles. The van der Waals surface area contributed by atoms with Gasteiger partial charge < -0.3 is 4.89 Å². The summed E-state index contributed by atoms with van der Waals surface area (Å²) < 4.78 is 8.35. The van der Waals surface area contributed by atoms with Crippen LogP contribution in [0.25, 0.3) is 0 Å². The van der Waals surface area contributed by atoms with Crippen molar-refractivity contribution >= 4 is 8.69 Å². The summed E-state index contributed by atoms with van der Waals surface area (Å²) in [5, 5.41) is 0. The summed E-state index contributed by atoms with van der Waals surface area (Å²) >= 11 is 0. The van der Waals surface area contributed by atoms with E-state index in [1.54, 1.807) is 0 Å². The predicted molar refractivity (Wildman–Crippen MR) is 32.8 cm³/mol. The van der Waals surface area contributed by atoms with Gasteiger partial charge in [-0.25, -0.2) is 0 Å². The zero-order valence-electron chi connectivity index (χ0n) is 6.39. The molecule has 0 saturated heterocycles. The molecule has 0 aromatic rings. The maximum Gasteiger partial charge on any atom is 1.00 e. The average Bonchev–Trinajstić information content (AvgIpc) is 1.71. The summed E-state index contributed by atoms with van der Waals surface area (Å²) in [5.74, 6) is 0. The molecule has 0 fully saturated rings. The molecular formula is C5H12KO2P. The van der Waals surface area contributed by atoms with Gasteiger partial charge in [0.15, 0.2) is 0 Å². The van der Waals surface area contributed by atoms with Crippen molar-refractivity contribution in [2.75, 3.05) is 0 Å². The smallest absolute Gasteiger partial charge is 0.772 e. The second kappa shape index (κ2) is 22.6. The minimum absolute atomic E-state index is 0. The fourth-order valence-corrected chi connectivity index (χ4v) is 0.354. The molecule has 0 rings (SSSR count). The first-order valence-corrected chi connectivity index (χ1v) is 3.51. The van der Waals surface area contributed by atoms with E-state index in [1.807, 2.05) is 0 Å². The molecule has 50 valence electrons. The Morgan fingerprint density at radius 3 is 1.56 bits per heavy atom. The first-order valence-electron chi connectivity index (χ1n) is 2.78. The van der Waals surface area contributed by atoms with E-state index in [-0.39, 0.29) is 51.4 Å². The third kappa shape index (κ3) is 42.0. The molecule has 0 bridgehead atoms. The summed E-state index contributed by atoms with van der Waals surface area (Å²) in [6, 6.07) is 0. The Morgan fingerprint density at radius 1 is 1.33 bits per heavy atom. The molecule has 0 heterocycles. The van der Waals surface area contributed by atoms with Gasteiger partial charge in [0.1, 0.15) is 0 Å². The Hall–Kier alpha value is 1.70. The Balaban J connectivity index is -0.0000000800. The van der Waals surface area contributed by atoms with E-state index in [0.29, 0.717) is 0 Å². The molecule has 0 amide bonds. The summed E-state index contributed by atoms with van der Waals surface area (Å²) in [6.45, 7) is 4.42. The molecule has 0 aromatic heterocycles. The van der Waals surface area contributed by atoms with Crippen molar-refractivity contribution < 1.29 is 60.8 Å². The van der Waals surface area contributed by atoms with Gasteiger partial charge in [0.05, 0.1) is 8.69 Å². The van der Waals surface area contributed by atoms with Crippen LogP contribution in [0.5, 0.6) is 0 Å². The fraction of sp³-hybridized carbons (Fsp3) is 1.00. The van der Waals surface area contributed by atoms with Crippen LogP contribution >= 0.6 is 8.69 Å². The van der Waals surface area contributed by atoms with Gasteiger partial charge in [-0.1, -0.05) is 33.1 Å². The van der Waals surface area contributed by atoms with Crippen LogP contribution in [0.3, 0.4) is 0 Å². The normalized spacial score (nSPS) is 7.00. The van der Waals surface area contributed by atoms with Crippen LogP contribution in [-0.4, -0.2) is 0 Å². The Bertz CT molecular complexity index is 41.9. The summed E-state index contributed by atoms with van der Waals surface area (Å²) in [5.41, 5.74) is 0. The first kappa shape index (κ1) is 17.0. The summed E-state index contributed by atoms with van der Waals surface area (Å²) in [4.78, 5) is 8.35.